The predicted octanol–water partition coefficient (Wildman–Crippen LogP) is 4.84. The molecule has 0 heterocycles. The second-order valence-corrected chi connectivity index (χ2v) is 3.84. The van der Waals surface area contributed by atoms with Crippen LogP contribution >= 0.6 is 25.2 Å². The van der Waals surface area contributed by atoms with E-state index in [0.717, 1.165) is 12.1 Å². The number of ether oxygens (including phenoxy) is 1. The van der Waals surface area contributed by atoms with E-state index in [1.165, 1.54) is 22.4 Å². The summed E-state index contributed by atoms with van der Waals surface area (Å²) in [6, 6.07) is 11.3. The van der Waals surface area contributed by atoms with E-state index in [1.807, 2.05) is 0 Å². The van der Waals surface area contributed by atoms with Gasteiger partial charge in [-0.2, -0.15) is 23.7 Å². The van der Waals surface area contributed by atoms with Crippen LogP contribution in [-0.4, -0.2) is 0 Å². The maximum absolute atomic E-state index is 12.9. The first kappa shape index (κ1) is 16.5. The second-order valence-electron chi connectivity index (χ2n) is 3.41. The zero-order valence-electron chi connectivity index (χ0n) is 9.80. The molecule has 2 aromatic rings. The van der Waals surface area contributed by atoms with Crippen LogP contribution in [0.25, 0.3) is 0 Å². The van der Waals surface area contributed by atoms with Crippen LogP contribution < -0.4 is 4.74 Å². The molecule has 0 unspecified atom stereocenters. The van der Waals surface area contributed by atoms with Gasteiger partial charge in [0.2, 0.25) is 0 Å². The summed E-state index contributed by atoms with van der Waals surface area (Å²) in [5.41, 5.74) is 0.548. The van der Waals surface area contributed by atoms with Crippen molar-refractivity contribution in [2.75, 3.05) is 0 Å². The molecule has 0 radical (unpaired) electrons. The first-order valence-electron chi connectivity index (χ1n) is 5.16. The summed E-state index contributed by atoms with van der Waals surface area (Å²) in [7, 11) is 0. The summed E-state index contributed by atoms with van der Waals surface area (Å²) in [5.74, 6) is -1.25. The zero-order valence-corrected chi connectivity index (χ0v) is 15.1. The Morgan fingerprint density at radius 1 is 1.16 bits per heavy atom. The van der Waals surface area contributed by atoms with Crippen LogP contribution in [-0.2, 0) is 22.9 Å². The van der Waals surface area contributed by atoms with Crippen LogP contribution in [0.4, 0.5) is 8.78 Å². The van der Waals surface area contributed by atoms with Crippen LogP contribution in [0.1, 0.15) is 5.56 Å². The van der Waals surface area contributed by atoms with Gasteiger partial charge in [0.25, 0.3) is 0 Å². The van der Waals surface area contributed by atoms with Gasteiger partial charge in [0.15, 0.2) is 11.6 Å². The Hall–Kier alpha value is -0.507. The van der Waals surface area contributed by atoms with Gasteiger partial charge in [-0.25, -0.2) is 8.78 Å². The fraction of sp³-hybridized carbons (Fsp3) is 0.0769. The van der Waals surface area contributed by atoms with Crippen molar-refractivity contribution in [3.8, 4) is 5.75 Å². The van der Waals surface area contributed by atoms with Gasteiger partial charge in [-0.15, -0.1) is 12.1 Å². The van der Waals surface area contributed by atoms with Gasteiger partial charge < -0.3 is 4.74 Å². The van der Waals surface area contributed by atoms with Crippen molar-refractivity contribution in [3.05, 3.63) is 64.7 Å². The summed E-state index contributed by atoms with van der Waals surface area (Å²) in [5, 5.41) is 0.560. The molecule has 0 bridgehead atoms. The number of hydrogen-bond acceptors (Lipinski definition) is 1. The van der Waals surface area contributed by atoms with Crippen molar-refractivity contribution in [2.24, 2.45) is 0 Å². The first-order chi connectivity index (χ1) is 9.15. The van der Waals surface area contributed by atoms with Gasteiger partial charge in [0.05, 0.1) is 0 Å². The molecule has 1 nitrogen and oxygen atoms in total. The minimum absolute atomic E-state index is 0.148. The molecule has 0 aliphatic carbocycles. The Morgan fingerprint density at radius 2 is 1.89 bits per heavy atom. The molecule has 0 saturated carbocycles. The van der Waals surface area contributed by atoms with Gasteiger partial charge in [0.1, 0.15) is 6.61 Å². The Labute approximate surface area is 132 Å². The molecule has 0 atom stereocenters. The molecular formula is C13H8BrClF2OZn. The summed E-state index contributed by atoms with van der Waals surface area (Å²) < 4.78 is 30.9. The molecule has 0 aliphatic rings. The Kier molecular flexibility index (Phi) is 7.51. The van der Waals surface area contributed by atoms with E-state index in [0.29, 0.717) is 16.3 Å². The van der Waals surface area contributed by atoms with Gasteiger partial charge >= 0.3 is 30.0 Å². The van der Waals surface area contributed by atoms with E-state index < -0.39 is 11.6 Å². The number of rotatable bonds is 3. The Bertz CT molecular complexity index is 523. The Morgan fingerprint density at radius 3 is 2.47 bits per heavy atom. The third-order valence-electron chi connectivity index (χ3n) is 2.12. The average Bonchev–Trinajstić information content (AvgIpc) is 2.44. The normalized spacial score (nSPS) is 9.58. The maximum atomic E-state index is 12.9. The van der Waals surface area contributed by atoms with Gasteiger partial charge in [-0.3, -0.25) is 0 Å². The van der Waals surface area contributed by atoms with E-state index in [2.05, 4.69) is 19.7 Å². The third-order valence-corrected chi connectivity index (χ3v) is 2.36. The molecule has 19 heavy (non-hydrogen) atoms. The summed E-state index contributed by atoms with van der Waals surface area (Å²) in [6.07, 6.45) is 0. The molecule has 2 rings (SSSR count). The summed E-state index contributed by atoms with van der Waals surface area (Å²) in [4.78, 5) is 0. The van der Waals surface area contributed by atoms with Crippen molar-refractivity contribution in [1.29, 1.82) is 0 Å². The van der Waals surface area contributed by atoms with Crippen molar-refractivity contribution >= 4 is 25.2 Å². The molecule has 0 spiro atoms. The topological polar surface area (TPSA) is 9.23 Å². The molecule has 6 heteroatoms. The molecule has 0 aliphatic heterocycles. The quantitative estimate of drug-likeness (QED) is 0.531. The van der Waals surface area contributed by atoms with E-state index in [9.17, 15) is 8.78 Å². The van der Waals surface area contributed by atoms with E-state index >= 15 is 0 Å². The van der Waals surface area contributed by atoms with Gasteiger partial charge in [-0.1, -0.05) is 11.1 Å². The minimum atomic E-state index is -0.883. The second kappa shape index (κ2) is 8.62. The molecule has 96 valence electrons. The number of benzene rings is 2. The van der Waals surface area contributed by atoms with Crippen LogP contribution in [0.2, 0.25) is 5.02 Å². The monoisotopic (exact) mass is 396 g/mol. The van der Waals surface area contributed by atoms with Crippen molar-refractivity contribution < 1.29 is 29.9 Å². The van der Waals surface area contributed by atoms with Crippen LogP contribution in [0.3, 0.4) is 0 Å². The third kappa shape index (κ3) is 5.56. The standard InChI is InChI=1S/C13H8ClF2O.BrH.Zn/c14-10-2-4-11(5-3-10)17-8-9-1-6-12(15)13(16)7-9;;/h1-4,6-7H,8H2;1H;/q-1;;+2/p-1. The van der Waals surface area contributed by atoms with Crippen LogP contribution in [0.15, 0.2) is 36.4 Å². The van der Waals surface area contributed by atoms with E-state index in [4.69, 9.17) is 16.3 Å². The van der Waals surface area contributed by atoms with Gasteiger partial charge in [-0.05, 0) is 17.7 Å². The van der Waals surface area contributed by atoms with Crippen molar-refractivity contribution in [3.63, 3.8) is 0 Å². The van der Waals surface area contributed by atoms with E-state index in [1.54, 1.807) is 18.2 Å². The number of hydrogen-bond donors (Lipinski definition) is 0. The zero-order chi connectivity index (χ0) is 14.3. The van der Waals surface area contributed by atoms with Crippen molar-refractivity contribution in [1.82, 2.24) is 0 Å². The molecule has 0 saturated heterocycles. The van der Waals surface area contributed by atoms with Crippen molar-refractivity contribution in [2.45, 2.75) is 6.61 Å². The van der Waals surface area contributed by atoms with Crippen LogP contribution in [0.5, 0.6) is 5.75 Å². The summed E-state index contributed by atoms with van der Waals surface area (Å²) in [6.45, 7) is 0.148. The molecule has 0 aromatic heterocycles. The molecule has 0 fully saturated rings. The first-order valence-corrected chi connectivity index (χ1v) is 12.5. The van der Waals surface area contributed by atoms with E-state index in [-0.39, 0.29) is 6.61 Å². The fourth-order valence-electron chi connectivity index (χ4n) is 1.27. The van der Waals surface area contributed by atoms with Gasteiger partial charge in [0, 0.05) is 5.75 Å². The van der Waals surface area contributed by atoms with Crippen LogP contribution in [0, 0.1) is 17.7 Å². The average molecular weight is 399 g/mol. The molecule has 2 aromatic carbocycles. The SMILES string of the molecule is Fc1ccc(COc2[c-]cc(Cl)cc2)cc1F.[Zn+][Br]. The summed E-state index contributed by atoms with van der Waals surface area (Å²) >= 11 is 9.94. The molecule has 0 amide bonds. The number of halogens is 4. The fourth-order valence-corrected chi connectivity index (χ4v) is 1.39. The Balaban J connectivity index is 0.000000861. The predicted molar refractivity (Wildman–Crippen MR) is 69.9 cm³/mol. The molecule has 0 N–H and O–H groups in total. The molecular weight excluding hydrogens is 391 g/mol.